The summed E-state index contributed by atoms with van der Waals surface area (Å²) in [5.41, 5.74) is 3.11. The fourth-order valence-electron chi connectivity index (χ4n) is 2.87. The van der Waals surface area contributed by atoms with Crippen LogP contribution in [0.1, 0.15) is 31.9 Å². The molecule has 146 valence electrons. The molecule has 0 amide bonds. The number of aromatic hydroxyl groups is 1. The number of hydrazone groups is 1. The third kappa shape index (κ3) is 4.65. The monoisotopic (exact) mass is 373 g/mol. The smallest absolute Gasteiger partial charge is 0.335 e. The van der Waals surface area contributed by atoms with Gasteiger partial charge < -0.3 is 15.4 Å². The Balaban J connectivity index is 2.36. The third-order valence-electron chi connectivity index (χ3n) is 4.49. The van der Waals surface area contributed by atoms with Gasteiger partial charge >= 0.3 is 5.69 Å². The summed E-state index contributed by atoms with van der Waals surface area (Å²) in [7, 11) is 0. The van der Waals surface area contributed by atoms with Crippen LogP contribution in [0.25, 0.3) is 5.69 Å². The van der Waals surface area contributed by atoms with Gasteiger partial charge in [-0.25, -0.2) is 9.36 Å². The highest BCUT2D eigenvalue weighted by atomic mass is 16.3. The quantitative estimate of drug-likeness (QED) is 0.366. The van der Waals surface area contributed by atoms with Gasteiger partial charge in [0, 0.05) is 13.1 Å². The minimum Gasteiger partial charge on any atom is -0.493 e. The van der Waals surface area contributed by atoms with Gasteiger partial charge in [0.2, 0.25) is 5.88 Å². The molecule has 8 heteroatoms. The van der Waals surface area contributed by atoms with Gasteiger partial charge in [0.15, 0.2) is 0 Å². The number of aromatic nitrogens is 2. The number of aryl methyl sites for hydroxylation is 1. The molecular weight excluding hydrogens is 346 g/mol. The topological polar surface area (TPSA) is 103 Å². The highest BCUT2D eigenvalue weighted by molar-refractivity contribution is 6.00. The summed E-state index contributed by atoms with van der Waals surface area (Å²) in [6.45, 7) is 10.9. The van der Waals surface area contributed by atoms with Crippen molar-refractivity contribution in [2.24, 2.45) is 5.10 Å². The molecule has 8 nitrogen and oxygen atoms in total. The van der Waals surface area contributed by atoms with Crippen molar-refractivity contribution in [3.63, 3.8) is 0 Å². The Morgan fingerprint density at radius 1 is 1.26 bits per heavy atom. The van der Waals surface area contributed by atoms with Gasteiger partial charge in [-0.1, -0.05) is 32.0 Å². The number of benzene rings is 1. The van der Waals surface area contributed by atoms with Crippen molar-refractivity contribution >= 4 is 5.71 Å². The Bertz CT molecular complexity index is 926. The lowest BCUT2D eigenvalue weighted by molar-refractivity contribution is 0.303. The average molecular weight is 373 g/mol. The van der Waals surface area contributed by atoms with E-state index >= 15 is 0 Å². The number of likely N-dealkylation sites (N-methyl/N-ethyl adjacent to an activating group) is 1. The fraction of sp³-hybridized carbons (Fsp3) is 0.421. The van der Waals surface area contributed by atoms with Crippen LogP contribution in [0.4, 0.5) is 0 Å². The lowest BCUT2D eigenvalue weighted by Gasteiger charge is -2.17. The first-order valence-electron chi connectivity index (χ1n) is 9.04. The number of aromatic amines is 1. The van der Waals surface area contributed by atoms with Crippen LogP contribution < -0.4 is 16.7 Å². The highest BCUT2D eigenvalue weighted by Crippen LogP contribution is 2.19. The third-order valence-corrected chi connectivity index (χ3v) is 4.49. The fourth-order valence-corrected chi connectivity index (χ4v) is 2.87. The molecule has 0 unspecified atom stereocenters. The van der Waals surface area contributed by atoms with Crippen molar-refractivity contribution in [2.75, 3.05) is 26.2 Å². The molecule has 0 bridgehead atoms. The lowest BCUT2D eigenvalue weighted by Crippen LogP contribution is -2.34. The summed E-state index contributed by atoms with van der Waals surface area (Å²) in [6.07, 6.45) is 0. The first-order valence-corrected chi connectivity index (χ1v) is 9.04. The van der Waals surface area contributed by atoms with Gasteiger partial charge in [0.25, 0.3) is 5.56 Å². The van der Waals surface area contributed by atoms with Crippen molar-refractivity contribution in [2.45, 2.75) is 27.7 Å². The maximum atomic E-state index is 12.3. The Morgan fingerprint density at radius 2 is 1.93 bits per heavy atom. The summed E-state index contributed by atoms with van der Waals surface area (Å²) in [5.74, 6) is -0.426. The Hall–Kier alpha value is -2.87. The first kappa shape index (κ1) is 20.4. The Kier molecular flexibility index (Phi) is 6.95. The van der Waals surface area contributed by atoms with E-state index in [9.17, 15) is 14.7 Å². The van der Waals surface area contributed by atoms with Crippen molar-refractivity contribution in [3.05, 3.63) is 56.2 Å². The maximum Gasteiger partial charge on any atom is 0.335 e. The van der Waals surface area contributed by atoms with Gasteiger partial charge in [-0.15, -0.1) is 0 Å². The second-order valence-corrected chi connectivity index (χ2v) is 6.21. The predicted octanol–water partition coefficient (Wildman–Crippen LogP) is 1.20. The minimum absolute atomic E-state index is 0.0341. The van der Waals surface area contributed by atoms with E-state index in [2.05, 4.69) is 34.3 Å². The number of hydrogen-bond acceptors (Lipinski definition) is 6. The number of rotatable bonds is 8. The van der Waals surface area contributed by atoms with Gasteiger partial charge in [-0.2, -0.15) is 5.10 Å². The SMILES string of the molecule is CCN(CC)CCN/N=C(\C)c1c(O)n(-c2ccccc2C)c(=O)[nH]c1=O. The molecule has 3 N–H and O–H groups in total. The molecule has 2 rings (SSSR count). The maximum absolute atomic E-state index is 12.3. The summed E-state index contributed by atoms with van der Waals surface area (Å²) < 4.78 is 1.08. The van der Waals surface area contributed by atoms with Gasteiger partial charge in [-0.05, 0) is 38.6 Å². The average Bonchev–Trinajstić information content (AvgIpc) is 2.63. The normalized spacial score (nSPS) is 11.8. The van der Waals surface area contributed by atoms with Crippen LogP contribution in [-0.2, 0) is 0 Å². The van der Waals surface area contributed by atoms with Crippen molar-refractivity contribution in [1.29, 1.82) is 0 Å². The highest BCUT2D eigenvalue weighted by Gasteiger charge is 2.18. The molecule has 0 aliphatic heterocycles. The van der Waals surface area contributed by atoms with E-state index < -0.39 is 17.1 Å². The van der Waals surface area contributed by atoms with Crippen LogP contribution in [0.5, 0.6) is 5.88 Å². The van der Waals surface area contributed by atoms with Gasteiger partial charge in [-0.3, -0.25) is 9.78 Å². The summed E-state index contributed by atoms with van der Waals surface area (Å²) in [4.78, 5) is 29.0. The van der Waals surface area contributed by atoms with Crippen LogP contribution in [0.15, 0.2) is 39.0 Å². The van der Waals surface area contributed by atoms with Crippen LogP contribution in [0.3, 0.4) is 0 Å². The molecule has 0 fully saturated rings. The van der Waals surface area contributed by atoms with E-state index in [0.29, 0.717) is 17.9 Å². The molecular formula is C19H27N5O3. The molecule has 0 atom stereocenters. The summed E-state index contributed by atoms with van der Waals surface area (Å²) in [6, 6.07) is 7.11. The van der Waals surface area contributed by atoms with E-state index in [1.54, 1.807) is 19.1 Å². The zero-order valence-corrected chi connectivity index (χ0v) is 16.2. The lowest BCUT2D eigenvalue weighted by atomic mass is 10.1. The second kappa shape index (κ2) is 9.18. The molecule has 1 aromatic heterocycles. The number of H-pyrrole nitrogens is 1. The summed E-state index contributed by atoms with van der Waals surface area (Å²) >= 11 is 0. The van der Waals surface area contributed by atoms with E-state index in [1.807, 2.05) is 19.1 Å². The van der Waals surface area contributed by atoms with E-state index in [-0.39, 0.29) is 5.56 Å². The number of para-hydroxylation sites is 1. The Labute approximate surface area is 158 Å². The molecule has 0 aliphatic carbocycles. The molecule has 0 spiro atoms. The van der Waals surface area contributed by atoms with Gasteiger partial charge in [0.05, 0.1) is 11.4 Å². The molecule has 0 saturated carbocycles. The molecule has 1 heterocycles. The van der Waals surface area contributed by atoms with Crippen molar-refractivity contribution in [3.8, 4) is 11.6 Å². The number of nitrogens with zero attached hydrogens (tertiary/aromatic N) is 3. The van der Waals surface area contributed by atoms with Crippen molar-refractivity contribution < 1.29 is 5.11 Å². The minimum atomic E-state index is -0.696. The largest absolute Gasteiger partial charge is 0.493 e. The molecule has 27 heavy (non-hydrogen) atoms. The molecule has 2 aromatic rings. The zero-order valence-electron chi connectivity index (χ0n) is 16.2. The number of hydrogen-bond donors (Lipinski definition) is 3. The number of nitrogens with one attached hydrogen (secondary N) is 2. The second-order valence-electron chi connectivity index (χ2n) is 6.21. The van der Waals surface area contributed by atoms with Crippen LogP contribution in [0.2, 0.25) is 0 Å². The van der Waals surface area contributed by atoms with E-state index in [4.69, 9.17) is 0 Å². The molecule has 0 saturated heterocycles. The van der Waals surface area contributed by atoms with E-state index in [0.717, 1.165) is 29.8 Å². The zero-order chi connectivity index (χ0) is 20.0. The molecule has 1 aromatic carbocycles. The Morgan fingerprint density at radius 3 is 2.56 bits per heavy atom. The van der Waals surface area contributed by atoms with Crippen LogP contribution >= 0.6 is 0 Å². The summed E-state index contributed by atoms with van der Waals surface area (Å²) in [5, 5.41) is 14.8. The van der Waals surface area contributed by atoms with Crippen LogP contribution in [0, 0.1) is 6.92 Å². The molecule has 0 aliphatic rings. The van der Waals surface area contributed by atoms with Gasteiger partial charge in [0.1, 0.15) is 5.56 Å². The first-order chi connectivity index (χ1) is 12.9. The van der Waals surface area contributed by atoms with Crippen molar-refractivity contribution in [1.82, 2.24) is 19.9 Å². The predicted molar refractivity (Wildman–Crippen MR) is 107 cm³/mol. The van der Waals surface area contributed by atoms with E-state index in [1.165, 1.54) is 0 Å². The standard InChI is InChI=1S/C19H27N5O3/c1-5-23(6-2)12-11-20-22-14(4)16-17(25)21-19(27)24(18(16)26)15-10-8-7-9-13(15)3/h7-10,20,26H,5-6,11-12H2,1-4H3,(H,21,25,27)/b22-14+. The van der Waals surface area contributed by atoms with Crippen LogP contribution in [-0.4, -0.2) is 51.4 Å². The molecule has 0 radical (unpaired) electrons.